The predicted octanol–water partition coefficient (Wildman–Crippen LogP) is 6.55. The lowest BCUT2D eigenvalue weighted by molar-refractivity contribution is 0.670. The fraction of sp³-hybridized carbons (Fsp3) is 0.0800. The van der Waals surface area contributed by atoms with Crippen LogP contribution in [0, 0.1) is 6.92 Å². The monoisotopic (exact) mass is 349 g/mol. The van der Waals surface area contributed by atoms with Crippen LogP contribution in [0.1, 0.15) is 16.7 Å². The molecule has 0 saturated carbocycles. The molecule has 0 radical (unpaired) electrons. The zero-order valence-corrected chi connectivity index (χ0v) is 15.1. The number of para-hydroxylation sites is 2. The number of pyridine rings is 1. The van der Waals surface area contributed by atoms with Crippen LogP contribution in [-0.2, 0) is 6.42 Å². The smallest absolute Gasteiger partial charge is 0.144 e. The van der Waals surface area contributed by atoms with E-state index in [9.17, 15) is 0 Å². The summed E-state index contributed by atoms with van der Waals surface area (Å²) in [6.45, 7) is 2.11. The maximum atomic E-state index is 6.17. The van der Waals surface area contributed by atoms with Gasteiger partial charge in [0, 0.05) is 22.5 Å². The number of fused-ring (bicyclic) bond motifs is 3. The van der Waals surface area contributed by atoms with E-state index in [0.29, 0.717) is 0 Å². The van der Waals surface area contributed by atoms with Crippen molar-refractivity contribution in [3.05, 3.63) is 102 Å². The summed E-state index contributed by atoms with van der Waals surface area (Å²) in [5.41, 5.74) is 7.63. The van der Waals surface area contributed by atoms with Gasteiger partial charge in [0.1, 0.15) is 11.2 Å². The molecule has 0 spiro atoms. The van der Waals surface area contributed by atoms with Gasteiger partial charge >= 0.3 is 0 Å². The standard InChI is InChI=1S/C25H19NO/c1-17-9-11-18(12-10-17)15-19-13-14-26-23(16-19)22-7-4-6-21-20-5-2-3-8-24(20)27-25(21)22/h2-14,16H,15H2,1H3. The average molecular weight is 349 g/mol. The molecule has 0 aliphatic rings. The summed E-state index contributed by atoms with van der Waals surface area (Å²) in [6.07, 6.45) is 2.78. The first-order valence-electron chi connectivity index (χ1n) is 9.19. The highest BCUT2D eigenvalue weighted by atomic mass is 16.3. The van der Waals surface area contributed by atoms with Crippen molar-refractivity contribution >= 4 is 21.9 Å². The van der Waals surface area contributed by atoms with Crippen molar-refractivity contribution in [2.24, 2.45) is 0 Å². The van der Waals surface area contributed by atoms with Crippen LogP contribution in [0.4, 0.5) is 0 Å². The first-order valence-corrected chi connectivity index (χ1v) is 9.19. The van der Waals surface area contributed by atoms with Gasteiger partial charge in [-0.25, -0.2) is 0 Å². The highest BCUT2D eigenvalue weighted by Gasteiger charge is 2.12. The highest BCUT2D eigenvalue weighted by molar-refractivity contribution is 6.09. The number of rotatable bonds is 3. The largest absolute Gasteiger partial charge is 0.455 e. The summed E-state index contributed by atoms with van der Waals surface area (Å²) in [4.78, 5) is 4.63. The van der Waals surface area contributed by atoms with Crippen molar-refractivity contribution in [2.75, 3.05) is 0 Å². The fourth-order valence-electron chi connectivity index (χ4n) is 3.62. The zero-order valence-electron chi connectivity index (χ0n) is 15.1. The summed E-state index contributed by atoms with van der Waals surface area (Å²) in [5.74, 6) is 0. The Labute approximate surface area is 158 Å². The zero-order chi connectivity index (χ0) is 18.2. The van der Waals surface area contributed by atoms with Crippen LogP contribution in [0.25, 0.3) is 33.2 Å². The minimum Gasteiger partial charge on any atom is -0.455 e. The van der Waals surface area contributed by atoms with Crippen LogP contribution in [0.5, 0.6) is 0 Å². The summed E-state index contributed by atoms with van der Waals surface area (Å²) in [5, 5.41) is 2.28. The molecule has 0 N–H and O–H groups in total. The summed E-state index contributed by atoms with van der Waals surface area (Å²) in [7, 11) is 0. The molecule has 5 rings (SSSR count). The number of nitrogens with zero attached hydrogens (tertiary/aromatic N) is 1. The fourth-order valence-corrected chi connectivity index (χ4v) is 3.62. The lowest BCUT2D eigenvalue weighted by atomic mass is 10.0. The Kier molecular flexibility index (Phi) is 3.75. The summed E-state index contributed by atoms with van der Waals surface area (Å²) < 4.78 is 6.17. The topological polar surface area (TPSA) is 26.0 Å². The van der Waals surface area contributed by atoms with Crippen LogP contribution in [-0.4, -0.2) is 4.98 Å². The second-order valence-electron chi connectivity index (χ2n) is 6.99. The minimum absolute atomic E-state index is 0.895. The van der Waals surface area contributed by atoms with Gasteiger partial charge in [0.25, 0.3) is 0 Å². The number of aryl methyl sites for hydroxylation is 1. The SMILES string of the molecule is Cc1ccc(Cc2ccnc(-c3cccc4c3oc3ccccc34)c2)cc1. The van der Waals surface area contributed by atoms with Gasteiger partial charge in [0.15, 0.2) is 0 Å². The molecule has 0 aliphatic carbocycles. The summed E-state index contributed by atoms with van der Waals surface area (Å²) in [6, 6.07) is 27.4. The number of aromatic nitrogens is 1. The Hall–Kier alpha value is -3.39. The molecule has 27 heavy (non-hydrogen) atoms. The normalized spacial score (nSPS) is 11.3. The second kappa shape index (κ2) is 6.40. The molecule has 0 unspecified atom stereocenters. The molecule has 2 heteroatoms. The molecule has 5 aromatic rings. The van der Waals surface area contributed by atoms with Gasteiger partial charge in [-0.05, 0) is 48.7 Å². The number of hydrogen-bond acceptors (Lipinski definition) is 2. The van der Waals surface area contributed by atoms with E-state index in [2.05, 4.69) is 72.6 Å². The third kappa shape index (κ3) is 2.89. The van der Waals surface area contributed by atoms with Gasteiger partial charge < -0.3 is 4.42 Å². The van der Waals surface area contributed by atoms with E-state index in [1.807, 2.05) is 24.4 Å². The van der Waals surface area contributed by atoms with Crippen molar-refractivity contribution in [1.29, 1.82) is 0 Å². The van der Waals surface area contributed by atoms with Gasteiger partial charge in [0.05, 0.1) is 5.69 Å². The maximum Gasteiger partial charge on any atom is 0.144 e. The predicted molar refractivity (Wildman–Crippen MR) is 111 cm³/mol. The van der Waals surface area contributed by atoms with Crippen LogP contribution < -0.4 is 0 Å². The third-order valence-electron chi connectivity index (χ3n) is 5.03. The lowest BCUT2D eigenvalue weighted by Gasteiger charge is -2.06. The molecular formula is C25H19NO. The van der Waals surface area contributed by atoms with Crippen LogP contribution >= 0.6 is 0 Å². The molecule has 0 atom stereocenters. The van der Waals surface area contributed by atoms with E-state index >= 15 is 0 Å². The molecule has 130 valence electrons. The van der Waals surface area contributed by atoms with Gasteiger partial charge in [-0.3, -0.25) is 4.98 Å². The Bertz CT molecular complexity index is 1250. The van der Waals surface area contributed by atoms with E-state index in [1.165, 1.54) is 16.7 Å². The molecule has 0 bridgehead atoms. The van der Waals surface area contributed by atoms with Gasteiger partial charge in [-0.15, -0.1) is 0 Å². The van der Waals surface area contributed by atoms with Crippen LogP contribution in [0.3, 0.4) is 0 Å². The Morgan fingerprint density at radius 1 is 0.778 bits per heavy atom. The third-order valence-corrected chi connectivity index (χ3v) is 5.03. The Balaban J connectivity index is 1.59. The molecule has 0 fully saturated rings. The minimum atomic E-state index is 0.895. The van der Waals surface area contributed by atoms with E-state index < -0.39 is 0 Å². The quantitative estimate of drug-likeness (QED) is 0.369. The maximum absolute atomic E-state index is 6.17. The van der Waals surface area contributed by atoms with Gasteiger partial charge in [0.2, 0.25) is 0 Å². The molecule has 0 amide bonds. The Morgan fingerprint density at radius 2 is 1.59 bits per heavy atom. The summed E-state index contributed by atoms with van der Waals surface area (Å²) >= 11 is 0. The molecule has 2 heterocycles. The first kappa shape index (κ1) is 15.8. The molecular weight excluding hydrogens is 330 g/mol. The lowest BCUT2D eigenvalue weighted by Crippen LogP contribution is -1.91. The molecule has 0 aliphatic heterocycles. The van der Waals surface area contributed by atoms with Crippen molar-refractivity contribution in [3.8, 4) is 11.3 Å². The highest BCUT2D eigenvalue weighted by Crippen LogP contribution is 2.35. The van der Waals surface area contributed by atoms with Crippen molar-refractivity contribution in [2.45, 2.75) is 13.3 Å². The molecule has 2 aromatic heterocycles. The van der Waals surface area contributed by atoms with E-state index in [1.54, 1.807) is 0 Å². The number of benzene rings is 3. The van der Waals surface area contributed by atoms with Crippen molar-refractivity contribution in [1.82, 2.24) is 4.98 Å². The molecule has 0 saturated heterocycles. The second-order valence-corrected chi connectivity index (χ2v) is 6.99. The average Bonchev–Trinajstić information content (AvgIpc) is 3.09. The Morgan fingerprint density at radius 3 is 2.48 bits per heavy atom. The van der Waals surface area contributed by atoms with E-state index in [-0.39, 0.29) is 0 Å². The van der Waals surface area contributed by atoms with Crippen LogP contribution in [0.15, 0.2) is 89.5 Å². The van der Waals surface area contributed by atoms with Gasteiger partial charge in [-0.2, -0.15) is 0 Å². The van der Waals surface area contributed by atoms with Crippen LogP contribution in [0.2, 0.25) is 0 Å². The van der Waals surface area contributed by atoms with Crippen molar-refractivity contribution in [3.63, 3.8) is 0 Å². The molecule has 3 aromatic carbocycles. The number of hydrogen-bond donors (Lipinski definition) is 0. The van der Waals surface area contributed by atoms with Crippen molar-refractivity contribution < 1.29 is 4.42 Å². The molecule has 2 nitrogen and oxygen atoms in total. The first-order chi connectivity index (χ1) is 13.3. The number of furan rings is 1. The van der Waals surface area contributed by atoms with E-state index in [4.69, 9.17) is 4.42 Å². The van der Waals surface area contributed by atoms with Gasteiger partial charge in [-0.1, -0.05) is 60.2 Å². The van der Waals surface area contributed by atoms with E-state index in [0.717, 1.165) is 39.6 Å².